The predicted molar refractivity (Wildman–Crippen MR) is 60.3 cm³/mol. The van der Waals surface area contributed by atoms with Crippen LogP contribution in [0.1, 0.15) is 21.9 Å². The van der Waals surface area contributed by atoms with Gasteiger partial charge in [0.05, 0.1) is 0 Å². The lowest BCUT2D eigenvalue weighted by molar-refractivity contribution is 0.0924. The number of hydrogen-bond donors (Lipinski definition) is 3. The molecule has 0 spiro atoms. The van der Waals surface area contributed by atoms with Crippen LogP contribution in [0.3, 0.4) is 0 Å². The van der Waals surface area contributed by atoms with Gasteiger partial charge in [-0.2, -0.15) is 11.8 Å². The summed E-state index contributed by atoms with van der Waals surface area (Å²) in [4.78, 5) is 11.2. The van der Waals surface area contributed by atoms with Gasteiger partial charge in [0.25, 0.3) is 0 Å². The highest BCUT2D eigenvalue weighted by Crippen LogP contribution is 2.19. The van der Waals surface area contributed by atoms with Crippen LogP contribution in [0, 0.1) is 6.92 Å². The van der Waals surface area contributed by atoms with Crippen LogP contribution in [-0.2, 0) is 5.75 Å². The molecule has 0 aliphatic rings. The lowest BCUT2D eigenvalue weighted by Crippen LogP contribution is -2.29. The fraction of sp³-hybridized carbons (Fsp3) is 0.444. The molecule has 1 rings (SSSR count). The summed E-state index contributed by atoms with van der Waals surface area (Å²) in [5.74, 6) is 7.28. The molecular formula is C9H15N3O2S. The summed E-state index contributed by atoms with van der Waals surface area (Å²) in [6, 6.07) is 1.71. The zero-order chi connectivity index (χ0) is 11.3. The minimum atomic E-state index is -0.409. The van der Waals surface area contributed by atoms with Crippen molar-refractivity contribution >= 4 is 17.7 Å². The maximum Gasteiger partial charge on any atom is 0.300 e. The topological polar surface area (TPSA) is 94.3 Å². The number of carbonyl (C=O) groups excluding carboxylic acids is 1. The molecule has 6 heteroatoms. The van der Waals surface area contributed by atoms with Crippen LogP contribution in [-0.4, -0.2) is 18.2 Å². The fourth-order valence-corrected chi connectivity index (χ4v) is 1.93. The molecule has 1 amide bonds. The molecule has 1 aromatic rings. The van der Waals surface area contributed by atoms with Crippen molar-refractivity contribution in [1.29, 1.82) is 0 Å². The molecular weight excluding hydrogens is 214 g/mol. The van der Waals surface area contributed by atoms with Crippen LogP contribution in [0.2, 0.25) is 0 Å². The zero-order valence-electron chi connectivity index (χ0n) is 8.58. The van der Waals surface area contributed by atoms with Crippen molar-refractivity contribution in [2.24, 2.45) is 11.6 Å². The first kappa shape index (κ1) is 12.1. The molecule has 0 radical (unpaired) electrons. The quantitative estimate of drug-likeness (QED) is 0.294. The lowest BCUT2D eigenvalue weighted by Gasteiger charge is -1.96. The number of nitrogens with two attached hydrogens (primary N) is 2. The highest BCUT2D eigenvalue weighted by molar-refractivity contribution is 7.98. The van der Waals surface area contributed by atoms with Gasteiger partial charge >= 0.3 is 5.91 Å². The Bertz CT molecular complexity index is 338. The number of furan rings is 1. The molecule has 0 fully saturated rings. The van der Waals surface area contributed by atoms with Gasteiger partial charge in [0.1, 0.15) is 5.76 Å². The third-order valence-electron chi connectivity index (χ3n) is 1.90. The Kier molecular flexibility index (Phi) is 4.67. The second-order valence-corrected chi connectivity index (χ2v) is 4.11. The Morgan fingerprint density at radius 1 is 1.67 bits per heavy atom. The summed E-state index contributed by atoms with van der Waals surface area (Å²) in [7, 11) is 0. The number of carbonyl (C=O) groups is 1. The summed E-state index contributed by atoms with van der Waals surface area (Å²) in [6.07, 6.45) is 0. The SMILES string of the molecule is Cc1oc(C(=O)NN)cc1CSCCN. The summed E-state index contributed by atoms with van der Waals surface area (Å²) in [6.45, 7) is 2.48. The highest BCUT2D eigenvalue weighted by Gasteiger charge is 2.12. The fourth-order valence-electron chi connectivity index (χ4n) is 1.11. The van der Waals surface area contributed by atoms with E-state index in [2.05, 4.69) is 0 Å². The first-order valence-electron chi connectivity index (χ1n) is 4.57. The first-order valence-corrected chi connectivity index (χ1v) is 5.72. The molecule has 15 heavy (non-hydrogen) atoms. The maximum atomic E-state index is 11.2. The van der Waals surface area contributed by atoms with Crippen molar-refractivity contribution in [2.75, 3.05) is 12.3 Å². The summed E-state index contributed by atoms with van der Waals surface area (Å²) >= 11 is 1.71. The second-order valence-electron chi connectivity index (χ2n) is 3.01. The van der Waals surface area contributed by atoms with E-state index in [0.717, 1.165) is 22.8 Å². The monoisotopic (exact) mass is 229 g/mol. The molecule has 0 unspecified atom stereocenters. The first-order chi connectivity index (χ1) is 7.19. The van der Waals surface area contributed by atoms with E-state index in [9.17, 15) is 4.79 Å². The number of hydrogen-bond acceptors (Lipinski definition) is 5. The number of amides is 1. The minimum absolute atomic E-state index is 0.248. The van der Waals surface area contributed by atoms with E-state index < -0.39 is 5.91 Å². The Labute approximate surface area is 92.5 Å². The molecule has 0 bridgehead atoms. The van der Waals surface area contributed by atoms with Gasteiger partial charge in [0.2, 0.25) is 0 Å². The molecule has 84 valence electrons. The molecule has 0 aliphatic carbocycles. The molecule has 0 aliphatic heterocycles. The zero-order valence-corrected chi connectivity index (χ0v) is 9.39. The molecule has 1 aromatic heterocycles. The Morgan fingerprint density at radius 2 is 2.40 bits per heavy atom. The molecule has 0 saturated heterocycles. The van der Waals surface area contributed by atoms with Crippen LogP contribution >= 0.6 is 11.8 Å². The van der Waals surface area contributed by atoms with E-state index in [0.29, 0.717) is 6.54 Å². The van der Waals surface area contributed by atoms with Crippen LogP contribution in [0.25, 0.3) is 0 Å². The standard InChI is InChI=1S/C9H15N3O2S/c1-6-7(5-15-3-2-10)4-8(14-6)9(13)12-11/h4H,2-3,5,10-11H2,1H3,(H,12,13). The van der Waals surface area contributed by atoms with Gasteiger partial charge in [-0.05, 0) is 13.0 Å². The number of nitrogens with one attached hydrogen (secondary N) is 1. The van der Waals surface area contributed by atoms with Crippen LogP contribution < -0.4 is 17.0 Å². The molecule has 0 atom stereocenters. The third kappa shape index (κ3) is 3.26. The Hall–Kier alpha value is -0.980. The van der Waals surface area contributed by atoms with E-state index in [4.69, 9.17) is 16.0 Å². The van der Waals surface area contributed by atoms with Crippen molar-refractivity contribution < 1.29 is 9.21 Å². The van der Waals surface area contributed by atoms with Gasteiger partial charge in [-0.1, -0.05) is 0 Å². The van der Waals surface area contributed by atoms with E-state index >= 15 is 0 Å². The minimum Gasteiger partial charge on any atom is -0.456 e. The van der Waals surface area contributed by atoms with Gasteiger partial charge < -0.3 is 10.2 Å². The van der Waals surface area contributed by atoms with Crippen molar-refractivity contribution in [1.82, 2.24) is 5.43 Å². The molecule has 5 nitrogen and oxygen atoms in total. The molecule has 0 saturated carbocycles. The van der Waals surface area contributed by atoms with Crippen LogP contribution in [0.15, 0.2) is 10.5 Å². The van der Waals surface area contributed by atoms with Crippen molar-refractivity contribution in [3.05, 3.63) is 23.2 Å². The average Bonchev–Trinajstić information content (AvgIpc) is 2.60. The Morgan fingerprint density at radius 3 is 3.00 bits per heavy atom. The Balaban J connectivity index is 2.64. The van der Waals surface area contributed by atoms with Crippen molar-refractivity contribution in [3.63, 3.8) is 0 Å². The highest BCUT2D eigenvalue weighted by atomic mass is 32.2. The number of aryl methyl sites for hydroxylation is 1. The number of nitrogen functional groups attached to an aromatic ring is 1. The lowest BCUT2D eigenvalue weighted by atomic mass is 10.3. The largest absolute Gasteiger partial charge is 0.456 e. The summed E-state index contributed by atoms with van der Waals surface area (Å²) in [5, 5.41) is 0. The summed E-state index contributed by atoms with van der Waals surface area (Å²) < 4.78 is 5.26. The van der Waals surface area contributed by atoms with Gasteiger partial charge in [0, 0.05) is 23.6 Å². The smallest absolute Gasteiger partial charge is 0.300 e. The summed E-state index contributed by atoms with van der Waals surface area (Å²) in [5.41, 5.74) is 8.42. The number of rotatable bonds is 5. The van der Waals surface area contributed by atoms with Gasteiger partial charge in [0.15, 0.2) is 5.76 Å². The van der Waals surface area contributed by atoms with Crippen LogP contribution in [0.5, 0.6) is 0 Å². The molecule has 5 N–H and O–H groups in total. The predicted octanol–water partition coefficient (Wildman–Crippen LogP) is 0.383. The van der Waals surface area contributed by atoms with Crippen LogP contribution in [0.4, 0.5) is 0 Å². The van der Waals surface area contributed by atoms with Gasteiger partial charge in [-0.3, -0.25) is 10.2 Å². The number of hydrazine groups is 1. The van der Waals surface area contributed by atoms with Gasteiger partial charge in [-0.25, -0.2) is 5.84 Å². The molecule has 0 aromatic carbocycles. The van der Waals surface area contributed by atoms with E-state index in [-0.39, 0.29) is 5.76 Å². The van der Waals surface area contributed by atoms with E-state index in [1.807, 2.05) is 12.3 Å². The normalized spacial score (nSPS) is 10.3. The second kappa shape index (κ2) is 5.79. The third-order valence-corrected chi connectivity index (χ3v) is 2.93. The van der Waals surface area contributed by atoms with E-state index in [1.54, 1.807) is 17.8 Å². The number of thioether (sulfide) groups is 1. The van der Waals surface area contributed by atoms with Crippen molar-refractivity contribution in [3.8, 4) is 0 Å². The van der Waals surface area contributed by atoms with E-state index in [1.165, 1.54) is 0 Å². The molecule has 1 heterocycles. The maximum absolute atomic E-state index is 11.2. The van der Waals surface area contributed by atoms with Crippen molar-refractivity contribution in [2.45, 2.75) is 12.7 Å². The van der Waals surface area contributed by atoms with Gasteiger partial charge in [-0.15, -0.1) is 0 Å². The average molecular weight is 229 g/mol.